The van der Waals surface area contributed by atoms with Crippen molar-refractivity contribution in [2.75, 3.05) is 11.9 Å². The lowest BCUT2D eigenvalue weighted by molar-refractivity contribution is -0.116. The Kier molecular flexibility index (Phi) is 6.27. The molecule has 1 aliphatic carbocycles. The van der Waals surface area contributed by atoms with Crippen molar-refractivity contribution >= 4 is 28.2 Å². The molecule has 2 aromatic rings. The van der Waals surface area contributed by atoms with Crippen LogP contribution in [-0.4, -0.2) is 33.2 Å². The molecule has 0 saturated carbocycles. The van der Waals surface area contributed by atoms with Gasteiger partial charge in [-0.2, -0.15) is 10.4 Å². The van der Waals surface area contributed by atoms with Crippen LogP contribution in [0.3, 0.4) is 0 Å². The number of rotatable bonds is 5. The van der Waals surface area contributed by atoms with Crippen LogP contribution in [0.15, 0.2) is 0 Å². The zero-order chi connectivity index (χ0) is 22.1. The Bertz CT molecular complexity index is 1010. The first-order chi connectivity index (χ1) is 14.1. The fraction of sp³-hybridized carbons (Fsp3) is 0.571. The molecular weight excluding hydrogens is 402 g/mol. The van der Waals surface area contributed by atoms with Crippen LogP contribution in [0.25, 0.3) is 0 Å². The number of carbonyl (C=O) groups excluding carboxylic acids is 2. The van der Waals surface area contributed by atoms with Crippen LogP contribution in [0.4, 0.5) is 5.00 Å². The number of nitrogens with one attached hydrogen (secondary N) is 1. The van der Waals surface area contributed by atoms with Gasteiger partial charge in [0.15, 0.2) is 0 Å². The summed E-state index contributed by atoms with van der Waals surface area (Å²) in [6.45, 7) is 10.1. The molecule has 8 nitrogen and oxygen atoms in total. The van der Waals surface area contributed by atoms with Gasteiger partial charge < -0.3 is 10.1 Å². The highest BCUT2D eigenvalue weighted by Gasteiger charge is 2.32. The highest BCUT2D eigenvalue weighted by molar-refractivity contribution is 7.16. The second-order valence-corrected chi connectivity index (χ2v) is 9.64. The lowest BCUT2D eigenvalue weighted by atomic mass is 9.72. The van der Waals surface area contributed by atoms with Crippen molar-refractivity contribution in [3.63, 3.8) is 0 Å². The number of ether oxygens (including phenoxy) is 1. The number of hydrogen-bond acceptors (Lipinski definition) is 7. The van der Waals surface area contributed by atoms with Crippen LogP contribution in [0.1, 0.15) is 66.6 Å². The average Bonchev–Trinajstić information content (AvgIpc) is 3.19. The van der Waals surface area contributed by atoms with Crippen molar-refractivity contribution in [3.05, 3.63) is 27.7 Å². The number of fused-ring (bicyclic) bond motifs is 1. The van der Waals surface area contributed by atoms with Crippen LogP contribution < -0.4 is 5.32 Å². The second-order valence-electron chi connectivity index (χ2n) is 8.53. The normalized spacial score (nSPS) is 15.9. The molecule has 1 unspecified atom stereocenters. The molecule has 0 spiro atoms. The van der Waals surface area contributed by atoms with E-state index in [0.717, 1.165) is 24.8 Å². The Balaban J connectivity index is 1.78. The van der Waals surface area contributed by atoms with E-state index in [2.05, 4.69) is 42.2 Å². The fourth-order valence-corrected chi connectivity index (χ4v) is 5.04. The van der Waals surface area contributed by atoms with E-state index < -0.39 is 5.97 Å². The molecule has 0 fully saturated rings. The minimum atomic E-state index is -0.622. The third-order valence-corrected chi connectivity index (χ3v) is 6.55. The van der Waals surface area contributed by atoms with Crippen molar-refractivity contribution in [3.8, 4) is 6.07 Å². The predicted molar refractivity (Wildman–Crippen MR) is 113 cm³/mol. The number of aromatic nitrogens is 3. The molecule has 160 valence electrons. The summed E-state index contributed by atoms with van der Waals surface area (Å²) in [5, 5.41) is 17.2. The van der Waals surface area contributed by atoms with Gasteiger partial charge in [-0.25, -0.2) is 14.5 Å². The predicted octanol–water partition coefficient (Wildman–Crippen LogP) is 3.49. The first kappa shape index (κ1) is 22.0. The van der Waals surface area contributed by atoms with E-state index in [1.165, 1.54) is 20.9 Å². The highest BCUT2D eigenvalue weighted by atomic mass is 32.1. The molecule has 2 heterocycles. The Morgan fingerprint density at radius 3 is 2.77 bits per heavy atom. The summed E-state index contributed by atoms with van der Waals surface area (Å²) in [7, 11) is 0. The number of nitrogens with zero attached hydrogens (tertiary/aromatic N) is 4. The van der Waals surface area contributed by atoms with E-state index in [0.29, 0.717) is 22.3 Å². The second kappa shape index (κ2) is 8.56. The van der Waals surface area contributed by atoms with Crippen LogP contribution in [0, 0.1) is 29.6 Å². The number of hydrogen-bond donors (Lipinski definition) is 1. The van der Waals surface area contributed by atoms with Gasteiger partial charge in [0.05, 0.1) is 12.2 Å². The molecule has 9 heteroatoms. The van der Waals surface area contributed by atoms with E-state index in [1.54, 1.807) is 13.8 Å². The first-order valence-corrected chi connectivity index (χ1v) is 10.9. The third kappa shape index (κ3) is 4.54. The topological polar surface area (TPSA) is 110 Å². The molecular formula is C21H27N5O3S. The number of nitriles is 1. The first-order valence-electron chi connectivity index (χ1n) is 10.1. The number of anilines is 1. The van der Waals surface area contributed by atoms with Gasteiger partial charge in [-0.15, -0.1) is 11.3 Å². The Hall–Kier alpha value is -2.73. The Morgan fingerprint density at radius 2 is 2.13 bits per heavy atom. The van der Waals surface area contributed by atoms with Gasteiger partial charge in [0.2, 0.25) is 11.7 Å². The maximum atomic E-state index is 12.7. The van der Waals surface area contributed by atoms with Crippen molar-refractivity contribution in [2.24, 2.45) is 11.3 Å². The van der Waals surface area contributed by atoms with Crippen molar-refractivity contribution in [2.45, 2.75) is 60.4 Å². The standard InChI is InChI=1S/C21H27N5O3S/c1-6-29-20(28)18-23-12(2)25-26(18)11-17(27)24-19-15(10-22)14-8-7-13(21(3,4)5)9-16(14)30-19/h13H,6-9,11H2,1-5H3,(H,24,27). The van der Waals surface area contributed by atoms with Gasteiger partial charge >= 0.3 is 5.97 Å². The minimum Gasteiger partial charge on any atom is -0.460 e. The van der Waals surface area contributed by atoms with Crippen LogP contribution >= 0.6 is 11.3 Å². The SMILES string of the molecule is CCOC(=O)c1nc(C)nn1CC(=O)Nc1sc2c(c1C#N)CCC(C(C)(C)C)C2. The zero-order valence-electron chi connectivity index (χ0n) is 18.0. The molecule has 1 atom stereocenters. The molecule has 1 N–H and O–H groups in total. The molecule has 0 aromatic carbocycles. The van der Waals surface area contributed by atoms with Crippen molar-refractivity contribution in [1.82, 2.24) is 14.8 Å². The number of aryl methyl sites for hydroxylation is 1. The maximum absolute atomic E-state index is 12.7. The van der Waals surface area contributed by atoms with Gasteiger partial charge in [-0.3, -0.25) is 4.79 Å². The fourth-order valence-electron chi connectivity index (χ4n) is 3.75. The largest absolute Gasteiger partial charge is 0.460 e. The van der Waals surface area contributed by atoms with E-state index >= 15 is 0 Å². The monoisotopic (exact) mass is 429 g/mol. The molecule has 1 amide bonds. The van der Waals surface area contributed by atoms with E-state index in [-0.39, 0.29) is 30.3 Å². The average molecular weight is 430 g/mol. The van der Waals surface area contributed by atoms with Gasteiger partial charge in [0.1, 0.15) is 23.4 Å². The third-order valence-electron chi connectivity index (χ3n) is 5.38. The summed E-state index contributed by atoms with van der Waals surface area (Å²) in [5.41, 5.74) is 1.81. The van der Waals surface area contributed by atoms with Crippen molar-refractivity contribution < 1.29 is 14.3 Å². The molecule has 2 aromatic heterocycles. The molecule has 0 radical (unpaired) electrons. The molecule has 0 bridgehead atoms. The molecule has 30 heavy (non-hydrogen) atoms. The Morgan fingerprint density at radius 1 is 1.40 bits per heavy atom. The molecule has 0 saturated heterocycles. The summed E-state index contributed by atoms with van der Waals surface area (Å²) < 4.78 is 6.21. The number of amides is 1. The number of thiophene rings is 1. The van der Waals surface area contributed by atoms with Gasteiger partial charge in [0.25, 0.3) is 0 Å². The van der Waals surface area contributed by atoms with Crippen LogP contribution in [-0.2, 0) is 28.9 Å². The van der Waals surface area contributed by atoms with E-state index in [4.69, 9.17) is 4.74 Å². The van der Waals surface area contributed by atoms with Crippen LogP contribution in [0.2, 0.25) is 0 Å². The maximum Gasteiger partial charge on any atom is 0.376 e. The van der Waals surface area contributed by atoms with Crippen LogP contribution in [0.5, 0.6) is 0 Å². The van der Waals surface area contributed by atoms with Gasteiger partial charge in [-0.05, 0) is 50.0 Å². The summed E-state index contributed by atoms with van der Waals surface area (Å²) in [6.07, 6.45) is 2.81. The summed E-state index contributed by atoms with van der Waals surface area (Å²) in [5.74, 6) is -0.0766. The molecule has 0 aliphatic heterocycles. The van der Waals surface area contributed by atoms with E-state index in [1.807, 2.05) is 0 Å². The number of carbonyl (C=O) groups is 2. The Labute approximate surface area is 180 Å². The zero-order valence-corrected chi connectivity index (χ0v) is 18.9. The summed E-state index contributed by atoms with van der Waals surface area (Å²) in [6, 6.07) is 2.26. The molecule has 1 aliphatic rings. The number of esters is 1. The van der Waals surface area contributed by atoms with Gasteiger partial charge in [0, 0.05) is 4.88 Å². The van der Waals surface area contributed by atoms with E-state index in [9.17, 15) is 14.9 Å². The highest BCUT2D eigenvalue weighted by Crippen LogP contribution is 2.43. The summed E-state index contributed by atoms with van der Waals surface area (Å²) >= 11 is 1.48. The summed E-state index contributed by atoms with van der Waals surface area (Å²) in [4.78, 5) is 30.0. The van der Waals surface area contributed by atoms with Crippen molar-refractivity contribution in [1.29, 1.82) is 5.26 Å². The minimum absolute atomic E-state index is 0.0106. The lowest BCUT2D eigenvalue weighted by Crippen LogP contribution is -2.26. The quantitative estimate of drug-likeness (QED) is 0.729. The molecule has 3 rings (SSSR count). The lowest BCUT2D eigenvalue weighted by Gasteiger charge is -2.33. The van der Waals surface area contributed by atoms with Gasteiger partial charge in [-0.1, -0.05) is 20.8 Å². The smallest absolute Gasteiger partial charge is 0.376 e.